The van der Waals surface area contributed by atoms with Crippen molar-refractivity contribution in [2.45, 2.75) is 11.8 Å². The molecule has 0 saturated carbocycles. The number of carboxylic acid groups (broad SMARTS) is 1. The molecule has 15 heavy (non-hydrogen) atoms. The lowest BCUT2D eigenvalue weighted by Gasteiger charge is -1.94. The van der Waals surface area contributed by atoms with Crippen LogP contribution >= 0.6 is 15.9 Å². The summed E-state index contributed by atoms with van der Waals surface area (Å²) in [6.07, 6.45) is 0. The molecule has 78 valence electrons. The van der Waals surface area contributed by atoms with Crippen molar-refractivity contribution in [2.24, 2.45) is 0 Å². The van der Waals surface area contributed by atoms with Crippen LogP contribution in [0.2, 0.25) is 0 Å². The summed E-state index contributed by atoms with van der Waals surface area (Å²) < 4.78 is 5.52. The summed E-state index contributed by atoms with van der Waals surface area (Å²) in [5, 5.41) is 9.64. The van der Waals surface area contributed by atoms with Gasteiger partial charge in [-0.05, 0) is 31.2 Å². The monoisotopic (exact) mass is 268 g/mol. The number of hydrogen-bond acceptors (Lipinski definition) is 2. The molecule has 2 aromatic rings. The van der Waals surface area contributed by atoms with Crippen LogP contribution in [0.4, 0.5) is 0 Å². The van der Waals surface area contributed by atoms with Crippen LogP contribution in [0.1, 0.15) is 27.9 Å². The van der Waals surface area contributed by atoms with Crippen molar-refractivity contribution in [1.29, 1.82) is 0 Å². The summed E-state index contributed by atoms with van der Waals surface area (Å²) in [5.41, 5.74) is 0.985. The van der Waals surface area contributed by atoms with Gasteiger partial charge < -0.3 is 9.52 Å². The molecule has 0 aliphatic rings. The highest BCUT2D eigenvalue weighted by molar-refractivity contribution is 9.09. The number of aromatic carboxylic acids is 1. The Hall–Kier alpha value is -1.29. The second-order valence-electron chi connectivity index (χ2n) is 3.32. The predicted molar refractivity (Wildman–Crippen MR) is 60.5 cm³/mol. The number of alkyl halides is 1. The Morgan fingerprint density at radius 2 is 2.20 bits per heavy atom. The van der Waals surface area contributed by atoms with Gasteiger partial charge >= 0.3 is 5.97 Å². The fraction of sp³-hybridized carbons (Fsp3) is 0.182. The lowest BCUT2D eigenvalue weighted by molar-refractivity contribution is 0.0697. The maximum Gasteiger partial charge on any atom is 0.335 e. The van der Waals surface area contributed by atoms with Gasteiger partial charge in [-0.15, -0.1) is 0 Å². The molecule has 0 bridgehead atoms. The Kier molecular flexibility index (Phi) is 2.52. The molecule has 1 atom stereocenters. The molecule has 1 heterocycles. The van der Waals surface area contributed by atoms with Gasteiger partial charge in [-0.2, -0.15) is 0 Å². The van der Waals surface area contributed by atoms with E-state index in [-0.39, 0.29) is 10.4 Å². The summed E-state index contributed by atoms with van der Waals surface area (Å²) in [4.78, 5) is 10.9. The van der Waals surface area contributed by atoms with Gasteiger partial charge in [0.2, 0.25) is 0 Å². The molecule has 1 aromatic carbocycles. The number of carboxylic acids is 1. The smallest absolute Gasteiger partial charge is 0.335 e. The van der Waals surface area contributed by atoms with Crippen molar-refractivity contribution in [2.75, 3.05) is 0 Å². The maximum absolute atomic E-state index is 10.7. The first kappa shape index (κ1) is 10.2. The second kappa shape index (κ2) is 3.70. The van der Waals surface area contributed by atoms with E-state index in [1.54, 1.807) is 12.1 Å². The Labute approximate surface area is 94.8 Å². The molecule has 0 amide bonds. The minimum absolute atomic E-state index is 0.123. The molecule has 4 heteroatoms. The molecule has 0 aliphatic carbocycles. The molecule has 0 fully saturated rings. The number of furan rings is 1. The third-order valence-electron chi connectivity index (χ3n) is 2.17. The number of carbonyl (C=O) groups is 1. The minimum atomic E-state index is -0.924. The summed E-state index contributed by atoms with van der Waals surface area (Å²) in [6, 6.07) is 6.68. The van der Waals surface area contributed by atoms with Crippen molar-refractivity contribution in [3.05, 3.63) is 35.6 Å². The molecule has 0 saturated heterocycles. The van der Waals surface area contributed by atoms with E-state index in [0.717, 1.165) is 11.1 Å². The zero-order valence-electron chi connectivity index (χ0n) is 8.03. The Balaban J connectivity index is 2.57. The Morgan fingerprint density at radius 1 is 1.47 bits per heavy atom. The largest absolute Gasteiger partial charge is 0.478 e. The molecule has 0 radical (unpaired) electrons. The first-order valence-electron chi connectivity index (χ1n) is 4.49. The van der Waals surface area contributed by atoms with Gasteiger partial charge in [0.25, 0.3) is 0 Å². The van der Waals surface area contributed by atoms with E-state index in [9.17, 15) is 4.79 Å². The molecular weight excluding hydrogens is 260 g/mol. The van der Waals surface area contributed by atoms with Crippen LogP contribution < -0.4 is 0 Å². The SMILES string of the molecule is CC(Br)c1cc2cc(C(=O)O)ccc2o1. The molecule has 0 spiro atoms. The van der Waals surface area contributed by atoms with Gasteiger partial charge in [0.05, 0.1) is 10.4 Å². The van der Waals surface area contributed by atoms with Crippen molar-refractivity contribution in [3.8, 4) is 0 Å². The zero-order valence-corrected chi connectivity index (χ0v) is 9.61. The number of benzene rings is 1. The lowest BCUT2D eigenvalue weighted by atomic mass is 10.1. The van der Waals surface area contributed by atoms with Crippen LogP contribution in [0.5, 0.6) is 0 Å². The highest BCUT2D eigenvalue weighted by atomic mass is 79.9. The minimum Gasteiger partial charge on any atom is -0.478 e. The van der Waals surface area contributed by atoms with Gasteiger partial charge in [-0.3, -0.25) is 0 Å². The summed E-state index contributed by atoms with van der Waals surface area (Å²) in [7, 11) is 0. The van der Waals surface area contributed by atoms with Gasteiger partial charge in [0.1, 0.15) is 11.3 Å². The number of fused-ring (bicyclic) bond motifs is 1. The van der Waals surface area contributed by atoms with Gasteiger partial charge in [0, 0.05) is 5.39 Å². The summed E-state index contributed by atoms with van der Waals surface area (Å²) in [6.45, 7) is 1.95. The first-order valence-corrected chi connectivity index (χ1v) is 5.40. The highest BCUT2D eigenvalue weighted by Gasteiger charge is 2.10. The van der Waals surface area contributed by atoms with Crippen molar-refractivity contribution in [1.82, 2.24) is 0 Å². The third-order valence-corrected chi connectivity index (χ3v) is 2.63. The normalized spacial score (nSPS) is 12.9. The predicted octanol–water partition coefficient (Wildman–Crippen LogP) is 3.59. The Bertz CT molecular complexity index is 514. The van der Waals surface area contributed by atoms with Crippen molar-refractivity contribution < 1.29 is 14.3 Å². The molecule has 2 rings (SSSR count). The van der Waals surface area contributed by atoms with Crippen LogP contribution in [-0.4, -0.2) is 11.1 Å². The standard InChI is InChI=1S/C11H9BrO3/c1-6(12)10-5-8-4-7(11(13)14)2-3-9(8)15-10/h2-6H,1H3,(H,13,14). The van der Waals surface area contributed by atoms with Crippen LogP contribution in [0.15, 0.2) is 28.7 Å². The summed E-state index contributed by atoms with van der Waals surface area (Å²) in [5.74, 6) is -0.126. The molecule has 1 N–H and O–H groups in total. The molecule has 0 aliphatic heterocycles. The van der Waals surface area contributed by atoms with Gasteiger partial charge in [-0.1, -0.05) is 15.9 Å². The molecule has 3 nitrogen and oxygen atoms in total. The average Bonchev–Trinajstić information content (AvgIpc) is 2.59. The van der Waals surface area contributed by atoms with Crippen molar-refractivity contribution in [3.63, 3.8) is 0 Å². The van der Waals surface area contributed by atoms with Crippen LogP contribution in [0, 0.1) is 0 Å². The fourth-order valence-corrected chi connectivity index (χ4v) is 1.62. The topological polar surface area (TPSA) is 50.4 Å². The van der Waals surface area contributed by atoms with E-state index in [1.165, 1.54) is 6.07 Å². The van der Waals surface area contributed by atoms with Crippen LogP contribution in [-0.2, 0) is 0 Å². The van der Waals surface area contributed by atoms with Crippen LogP contribution in [0.25, 0.3) is 11.0 Å². The van der Waals surface area contributed by atoms with E-state index < -0.39 is 5.97 Å². The van der Waals surface area contributed by atoms with Gasteiger partial charge in [0.15, 0.2) is 0 Å². The molecule has 1 unspecified atom stereocenters. The van der Waals surface area contributed by atoms with E-state index in [0.29, 0.717) is 5.58 Å². The van der Waals surface area contributed by atoms with E-state index >= 15 is 0 Å². The third kappa shape index (κ3) is 1.90. The number of rotatable bonds is 2. The highest BCUT2D eigenvalue weighted by Crippen LogP contribution is 2.28. The number of halogens is 1. The van der Waals surface area contributed by atoms with Gasteiger partial charge in [-0.25, -0.2) is 4.79 Å². The zero-order chi connectivity index (χ0) is 11.0. The second-order valence-corrected chi connectivity index (χ2v) is 4.70. The van der Waals surface area contributed by atoms with E-state index in [2.05, 4.69) is 15.9 Å². The first-order chi connectivity index (χ1) is 7.08. The van der Waals surface area contributed by atoms with E-state index in [4.69, 9.17) is 9.52 Å². The Morgan fingerprint density at radius 3 is 2.80 bits per heavy atom. The van der Waals surface area contributed by atoms with E-state index in [1.807, 2.05) is 13.0 Å². The summed E-state index contributed by atoms with van der Waals surface area (Å²) >= 11 is 3.40. The van der Waals surface area contributed by atoms with Crippen LogP contribution in [0.3, 0.4) is 0 Å². The lowest BCUT2D eigenvalue weighted by Crippen LogP contribution is -1.94. The fourth-order valence-electron chi connectivity index (χ4n) is 1.39. The molecular formula is C11H9BrO3. The molecule has 1 aromatic heterocycles. The average molecular weight is 269 g/mol. The quantitative estimate of drug-likeness (QED) is 0.847. The number of hydrogen-bond donors (Lipinski definition) is 1. The van der Waals surface area contributed by atoms with Crippen molar-refractivity contribution >= 4 is 32.9 Å². The maximum atomic E-state index is 10.7.